The van der Waals surface area contributed by atoms with E-state index in [1.54, 1.807) is 0 Å². The summed E-state index contributed by atoms with van der Waals surface area (Å²) in [4.78, 5) is 4.72. The van der Waals surface area contributed by atoms with Crippen LogP contribution in [-0.2, 0) is 13.1 Å². The molecule has 0 radical (unpaired) electrons. The van der Waals surface area contributed by atoms with Crippen molar-refractivity contribution in [3.05, 3.63) is 23.2 Å². The maximum Gasteiger partial charge on any atom is 0.120 e. The summed E-state index contributed by atoms with van der Waals surface area (Å²) in [5.74, 6) is 2.83. The lowest BCUT2D eigenvalue weighted by Gasteiger charge is -2.24. The largest absolute Gasteiger partial charge is 0.463 e. The zero-order valence-electron chi connectivity index (χ0n) is 14.7. The van der Waals surface area contributed by atoms with E-state index in [4.69, 9.17) is 4.42 Å². The molecular weight excluding hydrogens is 262 g/mol. The van der Waals surface area contributed by atoms with Crippen LogP contribution in [0.15, 0.2) is 10.5 Å². The van der Waals surface area contributed by atoms with E-state index < -0.39 is 0 Å². The van der Waals surface area contributed by atoms with Crippen LogP contribution >= 0.6 is 0 Å². The minimum atomic E-state index is 0.671. The molecule has 122 valence electrons. The lowest BCUT2D eigenvalue weighted by molar-refractivity contribution is 0.196. The van der Waals surface area contributed by atoms with E-state index in [1.165, 1.54) is 5.56 Å². The van der Waals surface area contributed by atoms with Gasteiger partial charge in [0.2, 0.25) is 0 Å². The predicted molar refractivity (Wildman–Crippen MR) is 89.5 cm³/mol. The summed E-state index contributed by atoms with van der Waals surface area (Å²) in [5, 5.41) is 3.33. The van der Waals surface area contributed by atoms with Crippen LogP contribution in [0.2, 0.25) is 0 Å². The van der Waals surface area contributed by atoms with Crippen molar-refractivity contribution in [3.8, 4) is 0 Å². The van der Waals surface area contributed by atoms with Crippen molar-refractivity contribution in [3.63, 3.8) is 0 Å². The van der Waals surface area contributed by atoms with Gasteiger partial charge in [0, 0.05) is 19.6 Å². The van der Waals surface area contributed by atoms with Crippen LogP contribution in [0.3, 0.4) is 0 Å². The molecule has 4 nitrogen and oxygen atoms in total. The molecule has 0 fully saturated rings. The predicted octanol–water partition coefficient (Wildman–Crippen LogP) is 2.72. The monoisotopic (exact) mass is 295 g/mol. The summed E-state index contributed by atoms with van der Waals surface area (Å²) < 4.78 is 6.02. The molecule has 0 unspecified atom stereocenters. The lowest BCUT2D eigenvalue weighted by Crippen LogP contribution is -2.33. The molecule has 1 rings (SSSR count). The average molecular weight is 295 g/mol. The van der Waals surface area contributed by atoms with Crippen molar-refractivity contribution in [1.82, 2.24) is 15.1 Å². The normalized spacial score (nSPS) is 12.0. The molecule has 0 aliphatic carbocycles. The molecule has 0 amide bonds. The SMILES string of the molecule is CCNCc1oc(CN(CCN(C)C)CC(C)C)cc1C. The Balaban J connectivity index is 2.64. The fraction of sp³-hybridized carbons (Fsp3) is 0.765. The number of hydrogen-bond donors (Lipinski definition) is 1. The van der Waals surface area contributed by atoms with Crippen molar-refractivity contribution in [2.75, 3.05) is 40.3 Å². The maximum atomic E-state index is 6.02. The fourth-order valence-corrected chi connectivity index (χ4v) is 2.40. The summed E-state index contributed by atoms with van der Waals surface area (Å²) in [6.07, 6.45) is 0. The molecule has 4 heteroatoms. The molecule has 0 spiro atoms. The third kappa shape index (κ3) is 7.11. The van der Waals surface area contributed by atoms with Crippen LogP contribution in [0.1, 0.15) is 37.9 Å². The van der Waals surface area contributed by atoms with E-state index >= 15 is 0 Å². The van der Waals surface area contributed by atoms with E-state index in [1.807, 2.05) is 0 Å². The Morgan fingerprint density at radius 1 is 1.24 bits per heavy atom. The molecule has 0 aromatic carbocycles. The Labute approximate surface area is 130 Å². The Hall–Kier alpha value is -0.840. The van der Waals surface area contributed by atoms with E-state index in [0.29, 0.717) is 5.92 Å². The number of rotatable bonds is 10. The van der Waals surface area contributed by atoms with Gasteiger partial charge < -0.3 is 14.6 Å². The zero-order valence-corrected chi connectivity index (χ0v) is 14.7. The number of nitrogens with zero attached hydrogens (tertiary/aromatic N) is 2. The van der Waals surface area contributed by atoms with E-state index in [0.717, 1.165) is 50.8 Å². The van der Waals surface area contributed by atoms with Crippen molar-refractivity contribution >= 4 is 0 Å². The number of nitrogens with one attached hydrogen (secondary N) is 1. The molecule has 0 saturated carbocycles. The first-order valence-electron chi connectivity index (χ1n) is 8.08. The second kappa shape index (κ2) is 9.23. The molecule has 1 aromatic rings. The van der Waals surface area contributed by atoms with E-state index in [-0.39, 0.29) is 0 Å². The molecule has 0 aliphatic rings. The maximum absolute atomic E-state index is 6.02. The topological polar surface area (TPSA) is 31.7 Å². The second-order valence-corrected chi connectivity index (χ2v) is 6.53. The number of hydrogen-bond acceptors (Lipinski definition) is 4. The van der Waals surface area contributed by atoms with E-state index in [9.17, 15) is 0 Å². The van der Waals surface area contributed by atoms with Crippen LogP contribution < -0.4 is 5.32 Å². The first-order valence-corrected chi connectivity index (χ1v) is 8.08. The standard InChI is InChI=1S/C17H33N3O/c1-7-18-11-17-15(4)10-16(21-17)13-20(12-14(2)3)9-8-19(5)6/h10,14,18H,7-9,11-13H2,1-6H3. The molecule has 0 saturated heterocycles. The minimum Gasteiger partial charge on any atom is -0.463 e. The molecule has 1 N–H and O–H groups in total. The smallest absolute Gasteiger partial charge is 0.120 e. The summed E-state index contributed by atoms with van der Waals surface area (Å²) in [5.41, 5.74) is 1.25. The third-order valence-electron chi connectivity index (χ3n) is 3.47. The molecule has 1 heterocycles. The van der Waals surface area contributed by atoms with Gasteiger partial charge in [0.05, 0.1) is 13.1 Å². The van der Waals surface area contributed by atoms with Crippen LogP contribution in [0, 0.1) is 12.8 Å². The highest BCUT2D eigenvalue weighted by molar-refractivity contribution is 5.20. The van der Waals surface area contributed by atoms with Crippen LogP contribution in [0.5, 0.6) is 0 Å². The van der Waals surface area contributed by atoms with Gasteiger partial charge in [0.15, 0.2) is 0 Å². The van der Waals surface area contributed by atoms with Crippen LogP contribution in [0.25, 0.3) is 0 Å². The molecule has 0 bridgehead atoms. The average Bonchev–Trinajstić information content (AvgIpc) is 2.73. The lowest BCUT2D eigenvalue weighted by atomic mass is 10.2. The Kier molecular flexibility index (Phi) is 8.01. The van der Waals surface area contributed by atoms with Gasteiger partial charge in [-0.05, 0) is 45.1 Å². The molecule has 0 atom stereocenters. The Morgan fingerprint density at radius 2 is 1.95 bits per heavy atom. The number of likely N-dealkylation sites (N-methyl/N-ethyl adjacent to an activating group) is 1. The first-order chi connectivity index (χ1) is 9.92. The van der Waals surface area contributed by atoms with Gasteiger partial charge in [-0.2, -0.15) is 0 Å². The fourth-order valence-electron chi connectivity index (χ4n) is 2.40. The van der Waals surface area contributed by atoms with Crippen LogP contribution in [0.4, 0.5) is 0 Å². The number of aryl methyl sites for hydroxylation is 1. The molecule has 0 aliphatic heterocycles. The van der Waals surface area contributed by atoms with Gasteiger partial charge >= 0.3 is 0 Å². The number of furan rings is 1. The van der Waals surface area contributed by atoms with E-state index in [2.05, 4.69) is 63.0 Å². The summed E-state index contributed by atoms with van der Waals surface area (Å²) in [7, 11) is 4.25. The highest BCUT2D eigenvalue weighted by Gasteiger charge is 2.13. The second-order valence-electron chi connectivity index (χ2n) is 6.53. The van der Waals surface area contributed by atoms with Crippen LogP contribution in [-0.4, -0.2) is 50.1 Å². The molecule has 21 heavy (non-hydrogen) atoms. The minimum absolute atomic E-state index is 0.671. The summed E-state index contributed by atoms with van der Waals surface area (Å²) in [6, 6.07) is 2.19. The summed E-state index contributed by atoms with van der Waals surface area (Å²) in [6.45, 7) is 14.7. The van der Waals surface area contributed by atoms with Crippen molar-refractivity contribution < 1.29 is 4.42 Å². The van der Waals surface area contributed by atoms with Gasteiger partial charge in [0.1, 0.15) is 11.5 Å². The molecular formula is C17H33N3O. The van der Waals surface area contributed by atoms with Gasteiger partial charge in [-0.25, -0.2) is 0 Å². The van der Waals surface area contributed by atoms with Gasteiger partial charge in [-0.3, -0.25) is 4.90 Å². The highest BCUT2D eigenvalue weighted by Crippen LogP contribution is 2.17. The van der Waals surface area contributed by atoms with Crippen molar-refractivity contribution in [2.45, 2.75) is 40.8 Å². The molecule has 1 aromatic heterocycles. The van der Waals surface area contributed by atoms with Gasteiger partial charge in [-0.15, -0.1) is 0 Å². The zero-order chi connectivity index (χ0) is 15.8. The quantitative estimate of drug-likeness (QED) is 0.719. The van der Waals surface area contributed by atoms with Gasteiger partial charge in [0.25, 0.3) is 0 Å². The first kappa shape index (κ1) is 18.2. The van der Waals surface area contributed by atoms with Gasteiger partial charge in [-0.1, -0.05) is 20.8 Å². The highest BCUT2D eigenvalue weighted by atomic mass is 16.3. The van der Waals surface area contributed by atoms with Crippen molar-refractivity contribution in [2.24, 2.45) is 5.92 Å². The Bertz CT molecular complexity index is 399. The Morgan fingerprint density at radius 3 is 2.52 bits per heavy atom. The third-order valence-corrected chi connectivity index (χ3v) is 3.47. The van der Waals surface area contributed by atoms with Crippen molar-refractivity contribution in [1.29, 1.82) is 0 Å². The summed E-state index contributed by atoms with van der Waals surface area (Å²) >= 11 is 0.